The van der Waals surface area contributed by atoms with Crippen LogP contribution in [0, 0.1) is 0 Å². The van der Waals surface area contributed by atoms with Gasteiger partial charge in [0.05, 0.1) is 10.5 Å². The van der Waals surface area contributed by atoms with Crippen LogP contribution >= 0.6 is 0 Å². The summed E-state index contributed by atoms with van der Waals surface area (Å²) in [5.74, 6) is -1.84. The molecule has 1 fully saturated rings. The summed E-state index contributed by atoms with van der Waals surface area (Å²) in [6, 6.07) is 6.62. The molecule has 0 aromatic heterocycles. The number of carbonyl (C=O) groups excluding carboxylic acids is 1. The molecule has 4 rings (SSSR count). The van der Waals surface area contributed by atoms with Crippen molar-refractivity contribution in [1.82, 2.24) is 20.7 Å². The first-order valence-electron chi connectivity index (χ1n) is 13.3. The van der Waals surface area contributed by atoms with Gasteiger partial charge < -0.3 is 31.7 Å². The number of alkyl halides is 3. The molecule has 2 aliphatic rings. The van der Waals surface area contributed by atoms with E-state index in [4.69, 9.17) is 0 Å². The number of nitrogens with one attached hydrogen (secondary N) is 4. The lowest BCUT2D eigenvalue weighted by molar-refractivity contribution is -0.254. The average Bonchev–Trinajstić information content (AvgIpc) is 2.95. The first-order chi connectivity index (χ1) is 19.8. The maximum atomic E-state index is 13.8. The van der Waals surface area contributed by atoms with Crippen LogP contribution in [0.4, 0.5) is 24.5 Å². The van der Waals surface area contributed by atoms with Crippen molar-refractivity contribution < 1.29 is 42.0 Å². The normalized spacial score (nSPS) is 17.1. The van der Waals surface area contributed by atoms with Gasteiger partial charge in [-0.15, -0.1) is 0 Å². The standard InChI is InChI=1S/C26H32F3N7O5S/c27-26(28,29)17-12-16(13-20(14-17)36-10-6-19(7-11-36)34-25-31-8-1-9-32-25)23(37)33-15-22(24(38)39)35-42(40,41)21-4-2-18(30)3-5-21/h2-5,12-14,19,22,35H,1,6-11,15,30H2,(H,33,37)(H,38,39)(H2,31,32,34)/p+1/t22-/m0/s1. The molecular weight excluding hydrogens is 579 g/mol. The van der Waals surface area contributed by atoms with E-state index < -0.39 is 46.2 Å². The molecule has 12 nitrogen and oxygen atoms in total. The van der Waals surface area contributed by atoms with Crippen molar-refractivity contribution in [3.8, 4) is 0 Å². The van der Waals surface area contributed by atoms with Crippen molar-refractivity contribution in [1.29, 1.82) is 0 Å². The summed E-state index contributed by atoms with van der Waals surface area (Å²) in [7, 11) is -4.28. The number of amides is 1. The number of sulfonamides is 1. The Morgan fingerprint density at radius 1 is 1.14 bits per heavy atom. The molecule has 0 spiro atoms. The summed E-state index contributed by atoms with van der Waals surface area (Å²) in [6.07, 6.45) is -2.52. The molecule has 2 aliphatic heterocycles. The van der Waals surface area contributed by atoms with E-state index in [1.54, 1.807) is 4.90 Å². The smallest absolute Gasteiger partial charge is 0.416 e. The third-order valence-electron chi connectivity index (χ3n) is 6.90. The number of nitrogens with zero attached hydrogens (tertiary/aromatic N) is 2. The number of piperidine rings is 1. The van der Waals surface area contributed by atoms with Crippen LogP contribution in [0.2, 0.25) is 0 Å². The minimum Gasteiger partial charge on any atom is -0.480 e. The van der Waals surface area contributed by atoms with Crippen LogP contribution in [0.15, 0.2) is 52.4 Å². The fraction of sp³-hybridized carbons (Fsp3) is 0.423. The fourth-order valence-corrected chi connectivity index (χ4v) is 5.78. The number of rotatable bonds is 9. The Labute approximate surface area is 240 Å². The Balaban J connectivity index is 1.45. The number of aliphatic carboxylic acids is 1. The molecule has 0 unspecified atom stereocenters. The van der Waals surface area contributed by atoms with Gasteiger partial charge in [-0.05, 0) is 49.6 Å². The molecule has 0 bridgehead atoms. The predicted molar refractivity (Wildman–Crippen MR) is 148 cm³/mol. The molecule has 1 atom stereocenters. The second kappa shape index (κ2) is 13.0. The zero-order valence-corrected chi connectivity index (χ0v) is 23.4. The molecule has 0 radical (unpaired) electrons. The van der Waals surface area contributed by atoms with Crippen molar-refractivity contribution in [2.24, 2.45) is 4.99 Å². The van der Waals surface area contributed by atoms with Crippen LogP contribution in [-0.2, 0) is 21.0 Å². The minimum absolute atomic E-state index is 0.0903. The highest BCUT2D eigenvalue weighted by molar-refractivity contribution is 7.89. The van der Waals surface area contributed by atoms with Crippen molar-refractivity contribution in [3.05, 3.63) is 53.6 Å². The Bertz CT molecular complexity index is 1430. The number of hydrogen-bond donors (Lipinski definition) is 6. The van der Waals surface area contributed by atoms with Crippen molar-refractivity contribution in [2.75, 3.05) is 37.6 Å². The van der Waals surface area contributed by atoms with Gasteiger partial charge in [0.1, 0.15) is 11.7 Å². The number of aliphatic imine (C=N–C) groups is 1. The monoisotopic (exact) mass is 612 g/mol. The van der Waals surface area contributed by atoms with E-state index in [2.05, 4.69) is 26.7 Å². The van der Waals surface area contributed by atoms with Crippen LogP contribution in [-0.4, -0.2) is 76.2 Å². The zero-order chi connectivity index (χ0) is 30.5. The largest absolute Gasteiger partial charge is 0.480 e. The average molecular weight is 613 g/mol. The third kappa shape index (κ3) is 8.10. The number of anilines is 1. The van der Waals surface area contributed by atoms with Gasteiger partial charge in [0.2, 0.25) is 10.0 Å². The highest BCUT2D eigenvalue weighted by atomic mass is 32.2. The summed E-state index contributed by atoms with van der Waals surface area (Å²) in [5.41, 5.74) is 3.03. The molecule has 42 heavy (non-hydrogen) atoms. The van der Waals surface area contributed by atoms with Crippen molar-refractivity contribution >= 4 is 39.2 Å². The maximum absolute atomic E-state index is 13.8. The number of carbonyl (C=O) groups is 2. The van der Waals surface area contributed by atoms with E-state index in [1.165, 1.54) is 30.3 Å². The van der Waals surface area contributed by atoms with Gasteiger partial charge in [0.15, 0.2) is 5.96 Å². The molecule has 2 aromatic carbocycles. The van der Waals surface area contributed by atoms with E-state index in [9.17, 15) is 36.3 Å². The second-order valence-corrected chi connectivity index (χ2v) is 11.8. The number of quaternary nitrogens is 1. The number of carboxylic acids is 1. The minimum atomic E-state index is -4.74. The number of halogens is 3. The molecule has 0 aliphatic carbocycles. The van der Waals surface area contributed by atoms with Crippen molar-refractivity contribution in [2.45, 2.75) is 42.4 Å². The van der Waals surface area contributed by atoms with Crippen LogP contribution in [0.25, 0.3) is 0 Å². The lowest BCUT2D eigenvalue weighted by Gasteiger charge is -2.35. The molecule has 2 aromatic rings. The first-order valence-corrected chi connectivity index (χ1v) is 14.8. The Morgan fingerprint density at radius 3 is 2.43 bits per heavy atom. The molecule has 16 heteroatoms. The van der Waals surface area contributed by atoms with Crippen LogP contribution in [0.3, 0.4) is 0 Å². The highest BCUT2D eigenvalue weighted by Crippen LogP contribution is 2.34. The van der Waals surface area contributed by atoms with Crippen molar-refractivity contribution in [3.63, 3.8) is 0 Å². The predicted octanol–water partition coefficient (Wildman–Crippen LogP) is 0.648. The Kier molecular flexibility index (Phi) is 9.58. The second-order valence-electron chi connectivity index (χ2n) is 10.0. The summed E-state index contributed by atoms with van der Waals surface area (Å²) < 4.78 is 68.5. The van der Waals surface area contributed by atoms with Gasteiger partial charge in [0.25, 0.3) is 5.91 Å². The van der Waals surface area contributed by atoms with Gasteiger partial charge in [-0.25, -0.2) is 8.42 Å². The Hall–Kier alpha value is -3.89. The number of carboxylic acid groups (broad SMARTS) is 1. The molecule has 8 N–H and O–H groups in total. The lowest BCUT2D eigenvalue weighted by atomic mass is 10.0. The maximum Gasteiger partial charge on any atom is 0.416 e. The van der Waals surface area contributed by atoms with Crippen LogP contribution in [0.1, 0.15) is 35.2 Å². The fourth-order valence-electron chi connectivity index (χ4n) is 4.59. The van der Waals surface area contributed by atoms with E-state index >= 15 is 0 Å². The summed E-state index contributed by atoms with van der Waals surface area (Å²) in [5, 5.41) is 18.3. The van der Waals surface area contributed by atoms with Crippen LogP contribution < -0.4 is 31.3 Å². The summed E-state index contributed by atoms with van der Waals surface area (Å²) in [6.45, 7) is 1.72. The molecular formula is C26H33F3N7O5S+. The van der Waals surface area contributed by atoms with Gasteiger partial charge in [0, 0.05) is 62.1 Å². The number of hydrogen-bond acceptors (Lipinski definition) is 8. The van der Waals surface area contributed by atoms with Gasteiger partial charge in [-0.2, -0.15) is 17.9 Å². The number of guanidine groups is 1. The summed E-state index contributed by atoms with van der Waals surface area (Å²) in [4.78, 5) is 30.6. The van der Waals surface area contributed by atoms with E-state index in [0.717, 1.165) is 31.5 Å². The van der Waals surface area contributed by atoms with E-state index in [-0.39, 0.29) is 22.2 Å². The number of benzene rings is 2. The van der Waals surface area contributed by atoms with Gasteiger partial charge in [-0.1, -0.05) is 0 Å². The van der Waals surface area contributed by atoms with Gasteiger partial charge in [-0.3, -0.25) is 14.6 Å². The summed E-state index contributed by atoms with van der Waals surface area (Å²) >= 11 is 0. The Morgan fingerprint density at radius 2 is 1.83 bits per heavy atom. The quantitative estimate of drug-likeness (QED) is 0.239. The van der Waals surface area contributed by atoms with E-state index in [1.807, 2.05) is 4.72 Å². The highest BCUT2D eigenvalue weighted by Gasteiger charge is 2.33. The first kappa shape index (κ1) is 31.1. The SMILES string of the molecule is [NH3+]c1ccc(S(=O)(=O)N[C@@H](CNC(=O)c2cc(N3CCC(NC4=NCCCN4)CC3)cc(C(F)(F)F)c2)C(=O)O)cc1. The van der Waals surface area contributed by atoms with Crippen LogP contribution in [0.5, 0.6) is 0 Å². The molecule has 1 amide bonds. The van der Waals surface area contributed by atoms with Gasteiger partial charge >= 0.3 is 12.1 Å². The molecule has 228 valence electrons. The molecule has 1 saturated heterocycles. The molecule has 0 saturated carbocycles. The van der Waals surface area contributed by atoms with E-state index in [0.29, 0.717) is 37.7 Å². The molecule has 2 heterocycles. The third-order valence-corrected chi connectivity index (χ3v) is 8.39. The zero-order valence-electron chi connectivity index (χ0n) is 22.6. The lowest BCUT2D eigenvalue weighted by Crippen LogP contribution is -2.50. The topological polar surface area (TPSA) is 180 Å².